The Bertz CT molecular complexity index is 557. The molecule has 1 heterocycles. The largest absolute Gasteiger partial charge is 0.494 e. The zero-order chi connectivity index (χ0) is 14.4. The predicted molar refractivity (Wildman–Crippen MR) is 80.3 cm³/mol. The molecule has 0 spiro atoms. The molecule has 1 aromatic carbocycles. The minimum Gasteiger partial charge on any atom is -0.494 e. The first-order chi connectivity index (χ1) is 9.70. The van der Waals surface area contributed by atoms with Crippen LogP contribution in [-0.2, 0) is 0 Å². The molecule has 0 aliphatic heterocycles. The van der Waals surface area contributed by atoms with Crippen molar-refractivity contribution in [2.45, 2.75) is 26.3 Å². The van der Waals surface area contributed by atoms with Crippen LogP contribution in [0.1, 0.15) is 29.2 Å². The Balaban J connectivity index is 1.93. The van der Waals surface area contributed by atoms with Crippen molar-refractivity contribution in [3.05, 3.63) is 59.4 Å². The van der Waals surface area contributed by atoms with E-state index in [1.165, 1.54) is 11.1 Å². The molecule has 20 heavy (non-hydrogen) atoms. The number of nitrogens with two attached hydrogens (primary N) is 1. The lowest BCUT2D eigenvalue weighted by atomic mass is 10.0. The summed E-state index contributed by atoms with van der Waals surface area (Å²) in [4.78, 5) is 4.16. The molecule has 2 aromatic rings. The van der Waals surface area contributed by atoms with Crippen LogP contribution >= 0.6 is 0 Å². The van der Waals surface area contributed by atoms with Crippen molar-refractivity contribution in [3.8, 4) is 5.75 Å². The molecular weight excluding hydrogens is 250 g/mol. The maximum atomic E-state index is 5.76. The highest BCUT2D eigenvalue weighted by molar-refractivity contribution is 5.27. The fourth-order valence-corrected chi connectivity index (χ4v) is 2.17. The van der Waals surface area contributed by atoms with Gasteiger partial charge in [-0.05, 0) is 48.7 Å². The molecule has 1 atom stereocenters. The average molecular weight is 271 g/mol. The quantitative estimate of drug-likeness (QED) is 0.626. The summed E-state index contributed by atoms with van der Waals surface area (Å²) in [6, 6.07) is 10.1. The molecule has 2 rings (SSSR count). The third-order valence-corrected chi connectivity index (χ3v) is 3.32. The van der Waals surface area contributed by atoms with Crippen LogP contribution in [0.15, 0.2) is 42.7 Å². The average Bonchev–Trinajstić information content (AvgIpc) is 2.45. The second-order valence-electron chi connectivity index (χ2n) is 4.91. The summed E-state index contributed by atoms with van der Waals surface area (Å²) in [7, 11) is 0. The van der Waals surface area contributed by atoms with Crippen molar-refractivity contribution in [2.24, 2.45) is 5.84 Å². The van der Waals surface area contributed by atoms with Gasteiger partial charge in [0.1, 0.15) is 5.75 Å². The lowest BCUT2D eigenvalue weighted by Crippen LogP contribution is -2.30. The summed E-state index contributed by atoms with van der Waals surface area (Å²) < 4.78 is 5.76. The maximum absolute atomic E-state index is 5.76. The Hall–Kier alpha value is -1.91. The zero-order valence-electron chi connectivity index (χ0n) is 12.0. The van der Waals surface area contributed by atoms with Crippen LogP contribution in [0.25, 0.3) is 0 Å². The van der Waals surface area contributed by atoms with E-state index >= 15 is 0 Å². The molecule has 1 unspecified atom stereocenters. The monoisotopic (exact) mass is 271 g/mol. The maximum Gasteiger partial charge on any atom is 0.119 e. The van der Waals surface area contributed by atoms with Gasteiger partial charge in [0.25, 0.3) is 0 Å². The smallest absolute Gasteiger partial charge is 0.119 e. The zero-order valence-corrected chi connectivity index (χ0v) is 12.0. The van der Waals surface area contributed by atoms with E-state index in [0.29, 0.717) is 6.61 Å². The van der Waals surface area contributed by atoms with Crippen LogP contribution in [-0.4, -0.2) is 11.6 Å². The molecule has 1 aromatic heterocycles. The number of pyridine rings is 1. The van der Waals surface area contributed by atoms with Gasteiger partial charge < -0.3 is 4.74 Å². The summed E-state index contributed by atoms with van der Waals surface area (Å²) in [6.07, 6.45) is 4.43. The lowest BCUT2D eigenvalue weighted by molar-refractivity contribution is 0.286. The molecule has 0 saturated heterocycles. The normalized spacial score (nSPS) is 12.2. The van der Waals surface area contributed by atoms with Crippen molar-refractivity contribution < 1.29 is 4.74 Å². The fraction of sp³-hybridized carbons (Fsp3) is 0.312. The number of ether oxygens (including phenoxy) is 1. The molecule has 0 fully saturated rings. The van der Waals surface area contributed by atoms with Crippen LogP contribution in [0.5, 0.6) is 5.75 Å². The summed E-state index contributed by atoms with van der Waals surface area (Å²) in [5.41, 5.74) is 6.32. The molecule has 0 amide bonds. The van der Waals surface area contributed by atoms with Crippen LogP contribution in [0, 0.1) is 13.8 Å². The summed E-state index contributed by atoms with van der Waals surface area (Å²) in [6.45, 7) is 4.71. The van der Waals surface area contributed by atoms with Gasteiger partial charge in [0.15, 0.2) is 0 Å². The Kier molecular flexibility index (Phi) is 5.09. The molecule has 4 nitrogen and oxygen atoms in total. The van der Waals surface area contributed by atoms with Crippen molar-refractivity contribution >= 4 is 0 Å². The van der Waals surface area contributed by atoms with Gasteiger partial charge in [-0.25, -0.2) is 0 Å². The van der Waals surface area contributed by atoms with Gasteiger partial charge in [0.05, 0.1) is 12.6 Å². The van der Waals surface area contributed by atoms with E-state index in [9.17, 15) is 0 Å². The van der Waals surface area contributed by atoms with E-state index in [2.05, 4.69) is 30.3 Å². The summed E-state index contributed by atoms with van der Waals surface area (Å²) in [5, 5.41) is 0. The van der Waals surface area contributed by atoms with Crippen LogP contribution in [0.3, 0.4) is 0 Å². The highest BCUT2D eigenvalue weighted by Crippen LogP contribution is 2.20. The number of hydrogen-bond donors (Lipinski definition) is 2. The number of hydrazine groups is 1. The highest BCUT2D eigenvalue weighted by Gasteiger charge is 2.12. The minimum absolute atomic E-state index is 0.0495. The van der Waals surface area contributed by atoms with Crippen molar-refractivity contribution in [1.82, 2.24) is 10.4 Å². The first-order valence-electron chi connectivity index (χ1n) is 6.77. The number of aryl methyl sites for hydroxylation is 2. The van der Waals surface area contributed by atoms with Crippen molar-refractivity contribution in [2.75, 3.05) is 6.61 Å². The number of nitrogens with zero attached hydrogens (tertiary/aromatic N) is 1. The fourth-order valence-electron chi connectivity index (χ4n) is 2.17. The third-order valence-electron chi connectivity index (χ3n) is 3.32. The number of benzene rings is 1. The molecule has 0 bridgehead atoms. The Morgan fingerprint density at radius 3 is 2.85 bits per heavy atom. The molecule has 4 heteroatoms. The van der Waals surface area contributed by atoms with E-state index in [0.717, 1.165) is 17.7 Å². The van der Waals surface area contributed by atoms with E-state index in [1.54, 1.807) is 6.20 Å². The first kappa shape index (κ1) is 14.5. The predicted octanol–water partition coefficient (Wildman–Crippen LogP) is 2.67. The van der Waals surface area contributed by atoms with Crippen LogP contribution < -0.4 is 16.0 Å². The van der Waals surface area contributed by atoms with Crippen molar-refractivity contribution in [3.63, 3.8) is 0 Å². The summed E-state index contributed by atoms with van der Waals surface area (Å²) >= 11 is 0. The van der Waals surface area contributed by atoms with Crippen LogP contribution in [0.4, 0.5) is 0 Å². The minimum atomic E-state index is 0.0495. The molecule has 0 radical (unpaired) electrons. The molecule has 0 aliphatic rings. The Labute approximate surface area is 120 Å². The van der Waals surface area contributed by atoms with Crippen LogP contribution in [0.2, 0.25) is 0 Å². The number of hydrogen-bond acceptors (Lipinski definition) is 4. The highest BCUT2D eigenvalue weighted by atomic mass is 16.5. The SMILES string of the molecule is Cc1cccc(OCCC(NN)c2cnccc2C)c1. The first-order valence-corrected chi connectivity index (χ1v) is 6.77. The topological polar surface area (TPSA) is 60.2 Å². The van der Waals surface area contributed by atoms with E-state index in [4.69, 9.17) is 10.6 Å². The lowest BCUT2D eigenvalue weighted by Gasteiger charge is -2.18. The Morgan fingerprint density at radius 1 is 1.30 bits per heavy atom. The van der Waals surface area contributed by atoms with Gasteiger partial charge in [0, 0.05) is 18.8 Å². The molecule has 0 saturated carbocycles. The standard InChI is InChI=1S/C16H21N3O/c1-12-4-3-5-14(10-12)20-9-7-16(19-17)15-11-18-8-6-13(15)2/h3-6,8,10-11,16,19H,7,9,17H2,1-2H3. The number of aromatic nitrogens is 1. The van der Waals surface area contributed by atoms with Gasteiger partial charge in [-0.3, -0.25) is 16.3 Å². The Morgan fingerprint density at radius 2 is 2.15 bits per heavy atom. The molecular formula is C16H21N3O. The van der Waals surface area contributed by atoms with E-state index in [-0.39, 0.29) is 6.04 Å². The van der Waals surface area contributed by atoms with Crippen molar-refractivity contribution in [1.29, 1.82) is 0 Å². The molecule has 0 aliphatic carbocycles. The van der Waals surface area contributed by atoms with E-state index < -0.39 is 0 Å². The van der Waals surface area contributed by atoms with Gasteiger partial charge in [-0.15, -0.1) is 0 Å². The second kappa shape index (κ2) is 7.03. The molecule has 3 N–H and O–H groups in total. The van der Waals surface area contributed by atoms with E-state index in [1.807, 2.05) is 30.5 Å². The second-order valence-corrected chi connectivity index (χ2v) is 4.91. The molecule has 106 valence electrons. The summed E-state index contributed by atoms with van der Waals surface area (Å²) in [5.74, 6) is 6.54. The number of rotatable bonds is 6. The van der Waals surface area contributed by atoms with Gasteiger partial charge >= 0.3 is 0 Å². The van der Waals surface area contributed by atoms with Gasteiger partial charge in [-0.1, -0.05) is 12.1 Å². The third kappa shape index (κ3) is 3.79. The van der Waals surface area contributed by atoms with Gasteiger partial charge in [-0.2, -0.15) is 0 Å². The van der Waals surface area contributed by atoms with Gasteiger partial charge in [0.2, 0.25) is 0 Å². The number of nitrogens with one attached hydrogen (secondary N) is 1.